The van der Waals surface area contributed by atoms with Crippen LogP contribution in [-0.4, -0.2) is 17.7 Å². The van der Waals surface area contributed by atoms with E-state index < -0.39 is 0 Å². The molecular weight excluding hydrogens is 162 g/mol. The Morgan fingerprint density at radius 3 is 3.18 bits per heavy atom. The van der Waals surface area contributed by atoms with E-state index in [2.05, 4.69) is 4.98 Å². The summed E-state index contributed by atoms with van der Waals surface area (Å²) in [6.07, 6.45) is 4.74. The summed E-state index contributed by atoms with van der Waals surface area (Å²) in [6.45, 7) is 0.874. The molecule has 1 aromatic heterocycles. The first-order valence-electron chi connectivity index (χ1n) is 3.56. The van der Waals surface area contributed by atoms with Crippen LogP contribution in [0.2, 0.25) is 5.02 Å². The van der Waals surface area contributed by atoms with Crippen molar-refractivity contribution in [3.63, 3.8) is 0 Å². The number of epoxide rings is 1. The highest BCUT2D eigenvalue weighted by atomic mass is 35.5. The normalized spacial score (nSPS) is 21.7. The van der Waals surface area contributed by atoms with E-state index in [0.29, 0.717) is 6.10 Å². The number of rotatable bonds is 2. The number of ether oxygens (including phenoxy) is 1. The van der Waals surface area contributed by atoms with Gasteiger partial charge < -0.3 is 4.74 Å². The Bertz CT molecular complexity index is 260. The van der Waals surface area contributed by atoms with E-state index in [1.165, 1.54) is 0 Å². The molecule has 2 rings (SSSR count). The number of hydrogen-bond acceptors (Lipinski definition) is 2. The van der Waals surface area contributed by atoms with Gasteiger partial charge >= 0.3 is 0 Å². The van der Waals surface area contributed by atoms with E-state index in [1.54, 1.807) is 12.4 Å². The Labute approximate surface area is 70.2 Å². The molecule has 2 heterocycles. The number of nitrogens with zero attached hydrogens (tertiary/aromatic N) is 1. The minimum atomic E-state index is 0.398. The third-order valence-electron chi connectivity index (χ3n) is 1.71. The van der Waals surface area contributed by atoms with E-state index in [0.717, 1.165) is 23.6 Å². The van der Waals surface area contributed by atoms with Gasteiger partial charge in [-0.25, -0.2) is 0 Å². The second-order valence-corrected chi connectivity index (χ2v) is 3.03. The summed E-state index contributed by atoms with van der Waals surface area (Å²) in [5.74, 6) is 0. The molecule has 0 bridgehead atoms. The van der Waals surface area contributed by atoms with Crippen LogP contribution in [-0.2, 0) is 11.2 Å². The van der Waals surface area contributed by atoms with Gasteiger partial charge in [-0.2, -0.15) is 0 Å². The van der Waals surface area contributed by atoms with E-state index in [1.807, 2.05) is 6.07 Å². The van der Waals surface area contributed by atoms with Crippen molar-refractivity contribution in [2.24, 2.45) is 0 Å². The van der Waals surface area contributed by atoms with Gasteiger partial charge in [0.15, 0.2) is 0 Å². The van der Waals surface area contributed by atoms with Crippen molar-refractivity contribution < 1.29 is 4.74 Å². The van der Waals surface area contributed by atoms with E-state index in [9.17, 15) is 0 Å². The zero-order valence-corrected chi connectivity index (χ0v) is 6.71. The molecule has 1 atom stereocenters. The monoisotopic (exact) mass is 169 g/mol. The predicted molar refractivity (Wildman–Crippen MR) is 42.7 cm³/mol. The van der Waals surface area contributed by atoms with Crippen molar-refractivity contribution in [1.82, 2.24) is 4.98 Å². The minimum absolute atomic E-state index is 0.398. The zero-order chi connectivity index (χ0) is 7.68. The van der Waals surface area contributed by atoms with Gasteiger partial charge in [-0.1, -0.05) is 11.6 Å². The molecule has 1 fully saturated rings. The van der Waals surface area contributed by atoms with Crippen LogP contribution in [0, 0.1) is 0 Å². The Hall–Kier alpha value is -0.600. The number of pyridine rings is 1. The highest BCUT2D eigenvalue weighted by molar-refractivity contribution is 6.31. The van der Waals surface area contributed by atoms with Crippen molar-refractivity contribution in [2.45, 2.75) is 12.5 Å². The third-order valence-corrected chi connectivity index (χ3v) is 2.05. The van der Waals surface area contributed by atoms with Crippen LogP contribution in [0.1, 0.15) is 5.56 Å². The molecule has 0 radical (unpaired) electrons. The van der Waals surface area contributed by atoms with E-state index in [4.69, 9.17) is 16.3 Å². The number of aromatic nitrogens is 1. The highest BCUT2D eigenvalue weighted by Crippen LogP contribution is 2.21. The van der Waals surface area contributed by atoms with Crippen LogP contribution < -0.4 is 0 Å². The lowest BCUT2D eigenvalue weighted by Crippen LogP contribution is -1.93. The largest absolute Gasteiger partial charge is 0.373 e. The van der Waals surface area contributed by atoms with Crippen LogP contribution >= 0.6 is 11.6 Å². The van der Waals surface area contributed by atoms with Gasteiger partial charge in [-0.3, -0.25) is 4.98 Å². The predicted octanol–water partition coefficient (Wildman–Crippen LogP) is 1.68. The Kier molecular flexibility index (Phi) is 1.80. The fraction of sp³-hybridized carbons (Fsp3) is 0.375. The third kappa shape index (κ3) is 1.70. The molecule has 0 aliphatic carbocycles. The van der Waals surface area contributed by atoms with E-state index >= 15 is 0 Å². The SMILES string of the molecule is Clc1cnccc1CC1CO1. The number of hydrogen-bond donors (Lipinski definition) is 0. The first-order valence-corrected chi connectivity index (χ1v) is 3.94. The van der Waals surface area contributed by atoms with Gasteiger partial charge in [0.1, 0.15) is 0 Å². The molecule has 2 nitrogen and oxygen atoms in total. The Morgan fingerprint density at radius 2 is 2.55 bits per heavy atom. The quantitative estimate of drug-likeness (QED) is 0.630. The highest BCUT2D eigenvalue weighted by Gasteiger charge is 2.23. The summed E-state index contributed by atoms with van der Waals surface area (Å²) in [6, 6.07) is 1.93. The molecule has 11 heavy (non-hydrogen) atoms. The lowest BCUT2D eigenvalue weighted by Gasteiger charge is -1.98. The number of halogens is 1. The maximum absolute atomic E-state index is 5.88. The molecule has 1 saturated heterocycles. The first kappa shape index (κ1) is 7.07. The maximum atomic E-state index is 5.88. The molecule has 1 aliphatic heterocycles. The topological polar surface area (TPSA) is 25.4 Å². The smallest absolute Gasteiger partial charge is 0.0850 e. The summed E-state index contributed by atoms with van der Waals surface area (Å²) in [5.41, 5.74) is 1.13. The summed E-state index contributed by atoms with van der Waals surface area (Å²) in [7, 11) is 0. The van der Waals surface area contributed by atoms with Crippen LogP contribution in [0.15, 0.2) is 18.5 Å². The van der Waals surface area contributed by atoms with Gasteiger partial charge in [0.05, 0.1) is 17.7 Å². The lowest BCUT2D eigenvalue weighted by atomic mass is 10.1. The lowest BCUT2D eigenvalue weighted by molar-refractivity contribution is 0.407. The van der Waals surface area contributed by atoms with Crippen LogP contribution in [0.5, 0.6) is 0 Å². The van der Waals surface area contributed by atoms with Crippen molar-refractivity contribution >= 4 is 11.6 Å². The summed E-state index contributed by atoms with van der Waals surface area (Å²) >= 11 is 5.88. The summed E-state index contributed by atoms with van der Waals surface area (Å²) in [4.78, 5) is 3.90. The molecule has 1 unspecified atom stereocenters. The zero-order valence-electron chi connectivity index (χ0n) is 5.96. The first-order chi connectivity index (χ1) is 5.36. The second-order valence-electron chi connectivity index (χ2n) is 2.63. The van der Waals surface area contributed by atoms with Crippen molar-refractivity contribution in [3.8, 4) is 0 Å². The van der Waals surface area contributed by atoms with Crippen LogP contribution in [0.25, 0.3) is 0 Å². The molecule has 0 spiro atoms. The molecule has 58 valence electrons. The maximum Gasteiger partial charge on any atom is 0.0850 e. The van der Waals surface area contributed by atoms with Crippen molar-refractivity contribution in [3.05, 3.63) is 29.0 Å². The van der Waals surface area contributed by atoms with E-state index in [-0.39, 0.29) is 0 Å². The molecule has 0 N–H and O–H groups in total. The standard InChI is InChI=1S/C8H8ClNO/c9-8-4-10-2-1-6(8)3-7-5-11-7/h1-2,4,7H,3,5H2. The fourth-order valence-corrected chi connectivity index (χ4v) is 1.20. The van der Waals surface area contributed by atoms with Crippen LogP contribution in [0.3, 0.4) is 0 Å². The second kappa shape index (κ2) is 2.80. The molecule has 0 saturated carbocycles. The van der Waals surface area contributed by atoms with Gasteiger partial charge in [-0.05, 0) is 11.6 Å². The molecule has 1 aliphatic rings. The van der Waals surface area contributed by atoms with Gasteiger partial charge in [0, 0.05) is 18.8 Å². The van der Waals surface area contributed by atoms with Crippen molar-refractivity contribution in [1.29, 1.82) is 0 Å². The average molecular weight is 170 g/mol. The molecule has 0 aromatic carbocycles. The molecule has 3 heteroatoms. The van der Waals surface area contributed by atoms with Crippen molar-refractivity contribution in [2.75, 3.05) is 6.61 Å². The summed E-state index contributed by atoms with van der Waals surface area (Å²) in [5, 5.41) is 0.739. The minimum Gasteiger partial charge on any atom is -0.373 e. The molecule has 0 amide bonds. The Morgan fingerprint density at radius 1 is 1.73 bits per heavy atom. The molecular formula is C8H8ClNO. The average Bonchev–Trinajstić information content (AvgIpc) is 2.78. The van der Waals surface area contributed by atoms with Gasteiger partial charge in [0.2, 0.25) is 0 Å². The van der Waals surface area contributed by atoms with Crippen LogP contribution in [0.4, 0.5) is 0 Å². The summed E-state index contributed by atoms with van der Waals surface area (Å²) < 4.78 is 5.09. The van der Waals surface area contributed by atoms with Gasteiger partial charge in [-0.15, -0.1) is 0 Å². The molecule has 1 aromatic rings. The fourth-order valence-electron chi connectivity index (χ4n) is 1.00. The van der Waals surface area contributed by atoms with Gasteiger partial charge in [0.25, 0.3) is 0 Å². The Balaban J connectivity index is 2.15.